The lowest BCUT2D eigenvalue weighted by atomic mass is 10.5. The molecule has 0 aromatic heterocycles. The molecule has 1 fully saturated rings. The van der Waals surface area contributed by atoms with Crippen molar-refractivity contribution >= 4 is 17.3 Å². The Bertz CT molecular complexity index is 113. The van der Waals surface area contributed by atoms with E-state index < -0.39 is 0 Å². The van der Waals surface area contributed by atoms with Gasteiger partial charge in [0.05, 0.1) is 0 Å². The molecular formula is C5H10N2S. The van der Waals surface area contributed by atoms with Gasteiger partial charge in [-0.25, -0.2) is 0 Å². The van der Waals surface area contributed by atoms with Crippen LogP contribution in [0, 0.1) is 5.92 Å². The van der Waals surface area contributed by atoms with Crippen LogP contribution in [0.2, 0.25) is 0 Å². The first kappa shape index (κ1) is 5.82. The van der Waals surface area contributed by atoms with Gasteiger partial charge in [-0.1, -0.05) is 6.92 Å². The first-order chi connectivity index (χ1) is 3.70. The minimum absolute atomic E-state index is 0.430. The van der Waals surface area contributed by atoms with E-state index in [2.05, 4.69) is 24.5 Å². The van der Waals surface area contributed by atoms with Gasteiger partial charge >= 0.3 is 0 Å². The predicted molar refractivity (Wildman–Crippen MR) is 37.5 cm³/mol. The van der Waals surface area contributed by atoms with Gasteiger partial charge in [-0.05, 0) is 24.6 Å². The molecule has 1 rings (SSSR count). The van der Waals surface area contributed by atoms with E-state index in [1.807, 2.05) is 0 Å². The predicted octanol–water partition coefficient (Wildman–Crippen LogP) is 0.228. The van der Waals surface area contributed by atoms with E-state index in [4.69, 9.17) is 5.73 Å². The summed E-state index contributed by atoms with van der Waals surface area (Å²) in [5, 5.41) is 3.41. The van der Waals surface area contributed by atoms with Gasteiger partial charge in [0.15, 0.2) is 5.11 Å². The average Bonchev–Trinajstić information content (AvgIpc) is 2.17. The van der Waals surface area contributed by atoms with Crippen molar-refractivity contribution in [2.24, 2.45) is 11.7 Å². The third-order valence-corrected chi connectivity index (χ3v) is 1.55. The summed E-state index contributed by atoms with van der Waals surface area (Å²) in [7, 11) is 0. The van der Waals surface area contributed by atoms with Crippen LogP contribution < -0.4 is 11.1 Å². The van der Waals surface area contributed by atoms with Crippen molar-refractivity contribution in [3.8, 4) is 0 Å². The van der Waals surface area contributed by atoms with Crippen molar-refractivity contribution in [2.75, 3.05) is 0 Å². The molecule has 0 heterocycles. The van der Waals surface area contributed by atoms with Gasteiger partial charge in [0.2, 0.25) is 0 Å². The van der Waals surface area contributed by atoms with Crippen molar-refractivity contribution in [1.29, 1.82) is 0 Å². The van der Waals surface area contributed by atoms with Crippen molar-refractivity contribution in [2.45, 2.75) is 19.4 Å². The number of nitrogens with one attached hydrogen (secondary N) is 1. The van der Waals surface area contributed by atoms with Gasteiger partial charge in [-0.15, -0.1) is 0 Å². The van der Waals surface area contributed by atoms with E-state index in [0.717, 1.165) is 5.92 Å². The maximum Gasteiger partial charge on any atom is 0.163 e. The minimum atomic E-state index is 0.430. The molecule has 0 unspecified atom stereocenters. The lowest BCUT2D eigenvalue weighted by Crippen LogP contribution is -2.31. The highest BCUT2D eigenvalue weighted by Gasteiger charge is 2.32. The molecular weight excluding hydrogens is 120 g/mol. The van der Waals surface area contributed by atoms with Crippen LogP contribution in [0.3, 0.4) is 0 Å². The van der Waals surface area contributed by atoms with Crippen molar-refractivity contribution < 1.29 is 0 Å². The van der Waals surface area contributed by atoms with Gasteiger partial charge in [0.25, 0.3) is 0 Å². The van der Waals surface area contributed by atoms with Crippen LogP contribution in [0.1, 0.15) is 13.3 Å². The third-order valence-electron chi connectivity index (χ3n) is 1.44. The number of thiocarbonyl (C=S) groups is 1. The Morgan fingerprint density at radius 1 is 1.88 bits per heavy atom. The number of nitrogens with two attached hydrogens (primary N) is 1. The maximum absolute atomic E-state index is 5.22. The van der Waals surface area contributed by atoms with Crippen molar-refractivity contribution in [1.82, 2.24) is 5.32 Å². The van der Waals surface area contributed by atoms with Gasteiger partial charge < -0.3 is 11.1 Å². The van der Waals surface area contributed by atoms with Gasteiger partial charge in [-0.2, -0.15) is 0 Å². The second-order valence-electron chi connectivity index (χ2n) is 2.33. The van der Waals surface area contributed by atoms with E-state index in [-0.39, 0.29) is 0 Å². The Kier molecular flexibility index (Phi) is 1.38. The molecule has 0 aliphatic heterocycles. The average molecular weight is 130 g/mol. The van der Waals surface area contributed by atoms with Crippen LogP contribution in [0.25, 0.3) is 0 Å². The molecule has 0 bridgehead atoms. The monoisotopic (exact) mass is 130 g/mol. The van der Waals surface area contributed by atoms with Gasteiger partial charge in [0, 0.05) is 6.04 Å². The van der Waals surface area contributed by atoms with Crippen LogP contribution in [0.5, 0.6) is 0 Å². The Balaban J connectivity index is 2.14. The Morgan fingerprint density at radius 3 is 2.50 bits per heavy atom. The van der Waals surface area contributed by atoms with Crippen LogP contribution in [0.4, 0.5) is 0 Å². The lowest BCUT2D eigenvalue weighted by Gasteiger charge is -1.97. The summed E-state index contributed by atoms with van der Waals surface area (Å²) in [6.07, 6.45) is 1.22. The smallest absolute Gasteiger partial charge is 0.163 e. The Labute approximate surface area is 54.4 Å². The molecule has 2 nitrogen and oxygen atoms in total. The van der Waals surface area contributed by atoms with Gasteiger partial charge in [-0.3, -0.25) is 0 Å². The fourth-order valence-electron chi connectivity index (χ4n) is 0.706. The first-order valence-electron chi connectivity index (χ1n) is 2.76. The summed E-state index contributed by atoms with van der Waals surface area (Å²) < 4.78 is 0. The standard InChI is InChI=1S/C5H10N2S/c1-3-2-4(3)7-5(6)8/h3-4H,2H2,1H3,(H3,6,7,8)/t3-,4-/m1/s1. The second kappa shape index (κ2) is 1.90. The number of hydrogen-bond acceptors (Lipinski definition) is 1. The lowest BCUT2D eigenvalue weighted by molar-refractivity contribution is 0.816. The molecule has 1 aliphatic rings. The van der Waals surface area contributed by atoms with Crippen LogP contribution in [-0.4, -0.2) is 11.2 Å². The normalized spacial score (nSPS) is 34.1. The minimum Gasteiger partial charge on any atom is -0.376 e. The van der Waals surface area contributed by atoms with E-state index in [9.17, 15) is 0 Å². The zero-order valence-electron chi connectivity index (χ0n) is 4.85. The molecule has 0 radical (unpaired) electrons. The largest absolute Gasteiger partial charge is 0.376 e. The fraction of sp³-hybridized carbons (Fsp3) is 0.800. The molecule has 0 saturated heterocycles. The molecule has 0 spiro atoms. The van der Waals surface area contributed by atoms with E-state index in [1.54, 1.807) is 0 Å². The highest BCUT2D eigenvalue weighted by molar-refractivity contribution is 7.80. The maximum atomic E-state index is 5.22. The number of rotatable bonds is 1. The Morgan fingerprint density at radius 2 is 2.38 bits per heavy atom. The highest BCUT2D eigenvalue weighted by Crippen LogP contribution is 2.28. The Hall–Kier alpha value is -0.310. The molecule has 1 saturated carbocycles. The molecule has 3 heteroatoms. The third kappa shape index (κ3) is 1.33. The van der Waals surface area contributed by atoms with Crippen molar-refractivity contribution in [3.63, 3.8) is 0 Å². The highest BCUT2D eigenvalue weighted by atomic mass is 32.1. The molecule has 0 aromatic rings. The summed E-state index contributed by atoms with van der Waals surface area (Å²) in [6.45, 7) is 2.18. The summed E-state index contributed by atoms with van der Waals surface area (Å²) in [5.74, 6) is 0.775. The van der Waals surface area contributed by atoms with Crippen LogP contribution in [0.15, 0.2) is 0 Å². The summed E-state index contributed by atoms with van der Waals surface area (Å²) in [4.78, 5) is 0. The SMILES string of the molecule is C[C@@H]1C[C@H]1NC(N)=S. The second-order valence-corrected chi connectivity index (χ2v) is 2.77. The summed E-state index contributed by atoms with van der Waals surface area (Å²) in [6, 6.07) is 0.576. The topological polar surface area (TPSA) is 38.0 Å². The van der Waals surface area contributed by atoms with Crippen molar-refractivity contribution in [3.05, 3.63) is 0 Å². The molecule has 0 aromatic carbocycles. The van der Waals surface area contributed by atoms with Crippen LogP contribution in [-0.2, 0) is 0 Å². The molecule has 0 amide bonds. The molecule has 2 atom stereocenters. The molecule has 3 N–H and O–H groups in total. The van der Waals surface area contributed by atoms with E-state index in [0.29, 0.717) is 11.2 Å². The first-order valence-corrected chi connectivity index (χ1v) is 3.17. The fourth-order valence-corrected chi connectivity index (χ4v) is 0.857. The number of hydrogen-bond donors (Lipinski definition) is 2. The zero-order valence-corrected chi connectivity index (χ0v) is 5.66. The van der Waals surface area contributed by atoms with Gasteiger partial charge in [0.1, 0.15) is 0 Å². The van der Waals surface area contributed by atoms with E-state index in [1.165, 1.54) is 6.42 Å². The summed E-state index contributed by atoms with van der Waals surface area (Å²) in [5.41, 5.74) is 5.22. The molecule has 46 valence electrons. The molecule has 1 aliphatic carbocycles. The summed E-state index contributed by atoms with van der Waals surface area (Å²) >= 11 is 4.63. The quantitative estimate of drug-likeness (QED) is 0.499. The molecule has 8 heavy (non-hydrogen) atoms. The van der Waals surface area contributed by atoms with Crippen LogP contribution >= 0.6 is 12.2 Å². The van der Waals surface area contributed by atoms with E-state index >= 15 is 0 Å². The zero-order chi connectivity index (χ0) is 6.15.